The van der Waals surface area contributed by atoms with E-state index < -0.39 is 5.97 Å². The van der Waals surface area contributed by atoms with Crippen molar-refractivity contribution in [2.45, 2.75) is 13.8 Å². The molecule has 4 rings (SSSR count). The van der Waals surface area contributed by atoms with Gasteiger partial charge in [0.15, 0.2) is 11.2 Å². The van der Waals surface area contributed by atoms with Crippen molar-refractivity contribution < 1.29 is 24.1 Å². The normalized spacial score (nSPS) is 11.2. The molecule has 1 heterocycles. The minimum absolute atomic E-state index is 0.194. The number of esters is 1. The third-order valence-electron chi connectivity index (χ3n) is 4.73. The van der Waals surface area contributed by atoms with Crippen molar-refractivity contribution in [3.8, 4) is 28.2 Å². The van der Waals surface area contributed by atoms with Crippen LogP contribution in [0.15, 0.2) is 69.9 Å². The Morgan fingerprint density at radius 2 is 1.83 bits per heavy atom. The van der Waals surface area contributed by atoms with Gasteiger partial charge in [-0.2, -0.15) is 0 Å². The van der Waals surface area contributed by atoms with Crippen molar-refractivity contribution in [1.82, 2.24) is 0 Å². The summed E-state index contributed by atoms with van der Waals surface area (Å²) in [6, 6.07) is 16.6. The Hall–Kier alpha value is -3.64. The van der Waals surface area contributed by atoms with E-state index in [1.54, 1.807) is 30.3 Å². The lowest BCUT2D eigenvalue weighted by Gasteiger charge is -2.17. The van der Waals surface area contributed by atoms with Gasteiger partial charge in [-0.05, 0) is 41.8 Å². The molecule has 0 unspecified atom stereocenters. The predicted octanol–water partition coefficient (Wildman–Crippen LogP) is 5.23. The fourth-order valence-corrected chi connectivity index (χ4v) is 3.40. The van der Waals surface area contributed by atoms with E-state index in [2.05, 4.69) is 4.89 Å². The average Bonchev–Trinajstić information content (AvgIpc) is 2.75. The Bertz CT molecular complexity index is 1250. The van der Waals surface area contributed by atoms with Gasteiger partial charge in [-0.3, -0.25) is 4.79 Å². The van der Waals surface area contributed by atoms with Crippen LogP contribution >= 0.6 is 0 Å². The first kappa shape index (κ1) is 19.7. The van der Waals surface area contributed by atoms with Gasteiger partial charge in [-0.25, -0.2) is 10.1 Å². The first-order valence-corrected chi connectivity index (χ1v) is 9.56. The average molecular weight is 404 g/mol. The zero-order chi connectivity index (χ0) is 21.3. The van der Waals surface area contributed by atoms with Crippen molar-refractivity contribution in [3.05, 3.63) is 76.5 Å². The third kappa shape index (κ3) is 3.65. The Morgan fingerprint density at radius 1 is 1.03 bits per heavy atom. The van der Waals surface area contributed by atoms with Crippen molar-refractivity contribution in [3.63, 3.8) is 0 Å². The Morgan fingerprint density at radius 3 is 2.60 bits per heavy atom. The second kappa shape index (κ2) is 8.00. The van der Waals surface area contributed by atoms with E-state index in [0.29, 0.717) is 40.0 Å². The van der Waals surface area contributed by atoms with E-state index in [1.165, 1.54) is 18.2 Å². The highest BCUT2D eigenvalue weighted by Crippen LogP contribution is 2.42. The number of rotatable bonds is 5. The highest BCUT2D eigenvalue weighted by atomic mass is 17.1. The van der Waals surface area contributed by atoms with Crippen LogP contribution in [0.1, 0.15) is 24.2 Å². The fraction of sp³-hybridized carbons (Fsp3) is 0.167. The van der Waals surface area contributed by atoms with Crippen LogP contribution in [0.25, 0.3) is 33.4 Å². The minimum Gasteiger partial charge on any atom is -0.462 e. The van der Waals surface area contributed by atoms with Gasteiger partial charge < -0.3 is 14.0 Å². The molecule has 0 saturated heterocycles. The van der Waals surface area contributed by atoms with Crippen molar-refractivity contribution >= 4 is 16.9 Å². The maximum Gasteiger partial charge on any atom is 0.338 e. The molecule has 1 aliphatic carbocycles. The van der Waals surface area contributed by atoms with Crippen LogP contribution in [-0.2, 0) is 4.74 Å². The van der Waals surface area contributed by atoms with Gasteiger partial charge in [0.25, 0.3) is 0 Å². The molecule has 0 fully saturated rings. The molecule has 2 aromatic rings. The van der Waals surface area contributed by atoms with Crippen LogP contribution in [0.2, 0.25) is 0 Å². The molecule has 30 heavy (non-hydrogen) atoms. The molecule has 0 amide bonds. The molecule has 0 bridgehead atoms. The van der Waals surface area contributed by atoms with Gasteiger partial charge in [0.05, 0.1) is 12.2 Å². The summed E-state index contributed by atoms with van der Waals surface area (Å²) >= 11 is 0. The summed E-state index contributed by atoms with van der Waals surface area (Å²) in [6.45, 7) is 4.26. The molecule has 6 heteroatoms. The van der Waals surface area contributed by atoms with Gasteiger partial charge in [-0.15, -0.1) is 0 Å². The lowest BCUT2D eigenvalue weighted by atomic mass is 9.91. The molecule has 0 radical (unpaired) electrons. The van der Waals surface area contributed by atoms with E-state index in [-0.39, 0.29) is 17.1 Å². The zero-order valence-corrected chi connectivity index (χ0v) is 16.5. The van der Waals surface area contributed by atoms with Gasteiger partial charge in [0, 0.05) is 28.6 Å². The molecule has 0 saturated carbocycles. The number of carbonyl (C=O) groups excluding carboxylic acids is 1. The van der Waals surface area contributed by atoms with Crippen molar-refractivity contribution in [2.75, 3.05) is 6.61 Å². The highest BCUT2D eigenvalue weighted by molar-refractivity contribution is 6.07. The number of benzene rings is 3. The number of hydrogen-bond donors (Lipinski definition) is 1. The van der Waals surface area contributed by atoms with Gasteiger partial charge in [0.2, 0.25) is 0 Å². The van der Waals surface area contributed by atoms with E-state index in [9.17, 15) is 9.59 Å². The number of ether oxygens (including phenoxy) is 1. The number of carbonyl (C=O) groups is 1. The molecular weight excluding hydrogens is 384 g/mol. The summed E-state index contributed by atoms with van der Waals surface area (Å²) in [5.74, 6) is 0.354. The van der Waals surface area contributed by atoms with Gasteiger partial charge in [-0.1, -0.05) is 32.0 Å². The Labute approximate surface area is 172 Å². The minimum atomic E-state index is -0.419. The van der Waals surface area contributed by atoms with Crippen molar-refractivity contribution in [1.29, 1.82) is 0 Å². The molecule has 1 aliphatic heterocycles. The molecular formula is C24H20O6. The van der Waals surface area contributed by atoms with Crippen LogP contribution in [-0.4, -0.2) is 17.8 Å². The molecule has 0 aromatic heterocycles. The number of fused-ring (bicyclic) bond motifs is 2. The molecule has 2 aliphatic rings. The van der Waals surface area contributed by atoms with Crippen LogP contribution in [0, 0.1) is 5.92 Å². The topological polar surface area (TPSA) is 86.0 Å². The summed E-state index contributed by atoms with van der Waals surface area (Å²) in [6.07, 6.45) is 0. The fourth-order valence-electron chi connectivity index (χ4n) is 3.40. The maximum atomic E-state index is 12.8. The monoisotopic (exact) mass is 404 g/mol. The standard InChI is InChI=1S/C24H20O6/c1-14(2)13-28-24(26)18-6-4-3-5-17(18)23-19-9-7-15(25)11-21(19)29-22-12-16(30-27)8-10-20(22)23/h3-12,14,27H,13H2,1-2H3. The second-order valence-corrected chi connectivity index (χ2v) is 7.42. The predicted molar refractivity (Wildman–Crippen MR) is 113 cm³/mol. The molecule has 1 N–H and O–H groups in total. The first-order chi connectivity index (χ1) is 14.5. The van der Waals surface area contributed by atoms with E-state index in [4.69, 9.17) is 14.4 Å². The lowest BCUT2D eigenvalue weighted by Crippen LogP contribution is -2.11. The largest absolute Gasteiger partial charge is 0.462 e. The summed E-state index contributed by atoms with van der Waals surface area (Å²) in [5.41, 5.74) is 2.70. The van der Waals surface area contributed by atoms with Gasteiger partial charge in [0.1, 0.15) is 11.3 Å². The SMILES string of the molecule is CC(C)COC(=O)c1ccccc1-c1c2ccc(=O)cc-2oc2cc(OO)ccc12. The van der Waals surface area contributed by atoms with E-state index >= 15 is 0 Å². The summed E-state index contributed by atoms with van der Waals surface area (Å²) in [4.78, 5) is 29.1. The summed E-state index contributed by atoms with van der Waals surface area (Å²) in [7, 11) is 0. The van der Waals surface area contributed by atoms with Crippen LogP contribution < -0.4 is 10.3 Å². The van der Waals surface area contributed by atoms with E-state index in [0.717, 1.165) is 5.56 Å². The molecule has 152 valence electrons. The van der Waals surface area contributed by atoms with Crippen molar-refractivity contribution in [2.24, 2.45) is 5.92 Å². The molecule has 0 spiro atoms. The smallest absolute Gasteiger partial charge is 0.338 e. The van der Waals surface area contributed by atoms with Gasteiger partial charge >= 0.3 is 5.97 Å². The van der Waals surface area contributed by atoms with Crippen LogP contribution in [0.3, 0.4) is 0 Å². The zero-order valence-electron chi connectivity index (χ0n) is 16.5. The van der Waals surface area contributed by atoms with Crippen LogP contribution in [0.5, 0.6) is 5.75 Å². The van der Waals surface area contributed by atoms with Crippen LogP contribution in [0.4, 0.5) is 0 Å². The quantitative estimate of drug-likeness (QED) is 0.212. The second-order valence-electron chi connectivity index (χ2n) is 7.42. The number of hydrogen-bond acceptors (Lipinski definition) is 6. The molecule has 0 atom stereocenters. The van der Waals surface area contributed by atoms with E-state index in [1.807, 2.05) is 26.0 Å². The summed E-state index contributed by atoms with van der Waals surface area (Å²) in [5, 5.41) is 9.71. The summed E-state index contributed by atoms with van der Waals surface area (Å²) < 4.78 is 11.4. The Kier molecular flexibility index (Phi) is 5.25. The lowest BCUT2D eigenvalue weighted by molar-refractivity contribution is -0.137. The maximum absolute atomic E-state index is 12.8. The first-order valence-electron chi connectivity index (χ1n) is 9.56. The highest BCUT2D eigenvalue weighted by Gasteiger charge is 2.22. The third-order valence-corrected chi connectivity index (χ3v) is 4.73. The molecule has 6 nitrogen and oxygen atoms in total. The Balaban J connectivity index is 2.01. The molecule has 2 aromatic carbocycles.